The number of aromatic nitrogens is 3. The topological polar surface area (TPSA) is 42.7 Å². The van der Waals surface area contributed by atoms with Crippen LogP contribution in [0.25, 0.3) is 16.7 Å². The first-order valence-electron chi connectivity index (χ1n) is 8.51. The van der Waals surface area contributed by atoms with E-state index in [1.54, 1.807) is 6.33 Å². The van der Waals surface area contributed by atoms with Crippen molar-refractivity contribution in [3.05, 3.63) is 82.8 Å². The van der Waals surface area contributed by atoms with Crippen molar-refractivity contribution in [2.75, 3.05) is 5.32 Å². The summed E-state index contributed by atoms with van der Waals surface area (Å²) in [5.41, 5.74) is 5.39. The van der Waals surface area contributed by atoms with Crippen LogP contribution in [0.5, 0.6) is 0 Å². The standard InChI is InChI=1S/C21H19ClN4/c1-14-15(2)26(18-10-6-9-17(22)11-18)21-19(14)20(24-13-25-21)23-12-16-7-4-3-5-8-16/h3-11,13H,12H2,1-2H3,(H,23,24,25). The van der Waals surface area contributed by atoms with Crippen molar-refractivity contribution in [1.82, 2.24) is 14.5 Å². The fourth-order valence-electron chi connectivity index (χ4n) is 3.25. The zero-order chi connectivity index (χ0) is 18.1. The molecule has 4 nitrogen and oxygen atoms in total. The highest BCUT2D eigenvalue weighted by Gasteiger charge is 2.17. The van der Waals surface area contributed by atoms with Gasteiger partial charge in [0.25, 0.3) is 0 Å². The van der Waals surface area contributed by atoms with E-state index in [0.29, 0.717) is 11.6 Å². The van der Waals surface area contributed by atoms with Gasteiger partial charge in [0.15, 0.2) is 5.65 Å². The molecule has 2 aromatic carbocycles. The number of anilines is 1. The zero-order valence-corrected chi connectivity index (χ0v) is 15.5. The molecule has 0 aliphatic rings. The Kier molecular flexibility index (Phi) is 4.35. The molecule has 0 spiro atoms. The molecule has 0 aliphatic carbocycles. The van der Waals surface area contributed by atoms with Crippen LogP contribution in [0.15, 0.2) is 60.9 Å². The maximum Gasteiger partial charge on any atom is 0.150 e. The van der Waals surface area contributed by atoms with Crippen molar-refractivity contribution in [3.8, 4) is 5.69 Å². The van der Waals surface area contributed by atoms with E-state index < -0.39 is 0 Å². The van der Waals surface area contributed by atoms with E-state index >= 15 is 0 Å². The Labute approximate surface area is 157 Å². The normalized spacial score (nSPS) is 11.0. The van der Waals surface area contributed by atoms with E-state index in [1.807, 2.05) is 42.5 Å². The fourth-order valence-corrected chi connectivity index (χ4v) is 3.43. The second-order valence-electron chi connectivity index (χ2n) is 6.29. The minimum absolute atomic E-state index is 0.706. The summed E-state index contributed by atoms with van der Waals surface area (Å²) >= 11 is 6.20. The largest absolute Gasteiger partial charge is 0.365 e. The highest BCUT2D eigenvalue weighted by atomic mass is 35.5. The molecule has 0 aliphatic heterocycles. The third-order valence-electron chi connectivity index (χ3n) is 4.66. The number of aryl methyl sites for hydroxylation is 1. The molecule has 4 rings (SSSR count). The third-order valence-corrected chi connectivity index (χ3v) is 4.90. The second kappa shape index (κ2) is 6.81. The van der Waals surface area contributed by atoms with Gasteiger partial charge in [0.2, 0.25) is 0 Å². The van der Waals surface area contributed by atoms with E-state index in [9.17, 15) is 0 Å². The third kappa shape index (κ3) is 2.93. The van der Waals surface area contributed by atoms with Gasteiger partial charge in [-0.05, 0) is 43.2 Å². The Bertz CT molecular complexity index is 1070. The van der Waals surface area contributed by atoms with Crippen LogP contribution < -0.4 is 5.32 Å². The molecule has 4 aromatic rings. The molecule has 0 saturated carbocycles. The molecular weight excluding hydrogens is 344 g/mol. The van der Waals surface area contributed by atoms with E-state index in [-0.39, 0.29) is 0 Å². The number of halogens is 1. The lowest BCUT2D eigenvalue weighted by Gasteiger charge is -2.09. The molecule has 130 valence electrons. The first-order valence-corrected chi connectivity index (χ1v) is 8.89. The van der Waals surface area contributed by atoms with Gasteiger partial charge in [0.05, 0.1) is 5.39 Å². The number of benzene rings is 2. The van der Waals surface area contributed by atoms with Crippen LogP contribution in [0.2, 0.25) is 5.02 Å². The van der Waals surface area contributed by atoms with Gasteiger partial charge in [-0.2, -0.15) is 0 Å². The monoisotopic (exact) mass is 362 g/mol. The average Bonchev–Trinajstić information content (AvgIpc) is 2.92. The van der Waals surface area contributed by atoms with E-state index in [1.165, 1.54) is 5.56 Å². The molecule has 0 atom stereocenters. The van der Waals surface area contributed by atoms with Gasteiger partial charge in [-0.1, -0.05) is 48.0 Å². The summed E-state index contributed by atoms with van der Waals surface area (Å²) < 4.78 is 2.13. The number of rotatable bonds is 4. The number of nitrogens with one attached hydrogen (secondary N) is 1. The first kappa shape index (κ1) is 16.6. The molecule has 5 heteroatoms. The van der Waals surface area contributed by atoms with Crippen molar-refractivity contribution in [2.45, 2.75) is 20.4 Å². The summed E-state index contributed by atoms with van der Waals surface area (Å²) in [4.78, 5) is 9.04. The quantitative estimate of drug-likeness (QED) is 0.535. The number of hydrogen-bond donors (Lipinski definition) is 1. The summed E-state index contributed by atoms with van der Waals surface area (Å²) in [6.07, 6.45) is 1.61. The predicted octanol–water partition coefficient (Wildman–Crippen LogP) is 5.30. The molecule has 0 unspecified atom stereocenters. The summed E-state index contributed by atoms with van der Waals surface area (Å²) in [6, 6.07) is 18.1. The van der Waals surface area contributed by atoms with Crippen molar-refractivity contribution < 1.29 is 0 Å². The minimum Gasteiger partial charge on any atom is -0.365 e. The average molecular weight is 363 g/mol. The van der Waals surface area contributed by atoms with Crippen molar-refractivity contribution in [2.24, 2.45) is 0 Å². The van der Waals surface area contributed by atoms with Crippen LogP contribution in [0.3, 0.4) is 0 Å². The van der Waals surface area contributed by atoms with Crippen LogP contribution in [0, 0.1) is 13.8 Å². The highest BCUT2D eigenvalue weighted by molar-refractivity contribution is 6.30. The Morgan fingerprint density at radius 3 is 2.58 bits per heavy atom. The lowest BCUT2D eigenvalue weighted by molar-refractivity contribution is 1.01. The van der Waals surface area contributed by atoms with Crippen LogP contribution in [0.4, 0.5) is 5.82 Å². The van der Waals surface area contributed by atoms with Crippen molar-refractivity contribution >= 4 is 28.5 Å². The molecule has 2 aromatic heterocycles. The van der Waals surface area contributed by atoms with Crippen LogP contribution in [0.1, 0.15) is 16.8 Å². The SMILES string of the molecule is Cc1c(C)n(-c2cccc(Cl)c2)c2ncnc(NCc3ccccc3)c12. The summed E-state index contributed by atoms with van der Waals surface area (Å²) in [5.74, 6) is 0.847. The molecule has 0 radical (unpaired) electrons. The Morgan fingerprint density at radius 1 is 1.00 bits per heavy atom. The van der Waals surface area contributed by atoms with E-state index in [2.05, 4.69) is 45.8 Å². The lowest BCUT2D eigenvalue weighted by Crippen LogP contribution is -2.03. The van der Waals surface area contributed by atoms with Crippen LogP contribution in [-0.4, -0.2) is 14.5 Å². The molecule has 0 bridgehead atoms. The molecule has 1 N–H and O–H groups in total. The number of hydrogen-bond acceptors (Lipinski definition) is 3. The van der Waals surface area contributed by atoms with Gasteiger partial charge in [0, 0.05) is 22.9 Å². The second-order valence-corrected chi connectivity index (χ2v) is 6.72. The summed E-state index contributed by atoms with van der Waals surface area (Å²) in [7, 11) is 0. The number of nitrogens with zero attached hydrogens (tertiary/aromatic N) is 3. The predicted molar refractivity (Wildman–Crippen MR) is 107 cm³/mol. The molecule has 2 heterocycles. The van der Waals surface area contributed by atoms with Gasteiger partial charge in [-0.25, -0.2) is 9.97 Å². The molecule has 26 heavy (non-hydrogen) atoms. The van der Waals surface area contributed by atoms with E-state index in [0.717, 1.165) is 33.8 Å². The zero-order valence-electron chi connectivity index (χ0n) is 14.7. The van der Waals surface area contributed by atoms with Gasteiger partial charge >= 0.3 is 0 Å². The maximum atomic E-state index is 6.20. The maximum absolute atomic E-state index is 6.20. The molecule has 0 saturated heterocycles. The lowest BCUT2D eigenvalue weighted by atomic mass is 10.2. The summed E-state index contributed by atoms with van der Waals surface area (Å²) in [6.45, 7) is 4.92. The summed E-state index contributed by atoms with van der Waals surface area (Å²) in [5, 5.41) is 5.21. The van der Waals surface area contributed by atoms with Crippen molar-refractivity contribution in [3.63, 3.8) is 0 Å². The van der Waals surface area contributed by atoms with Crippen molar-refractivity contribution in [1.29, 1.82) is 0 Å². The fraction of sp³-hybridized carbons (Fsp3) is 0.143. The highest BCUT2D eigenvalue weighted by Crippen LogP contribution is 2.32. The van der Waals surface area contributed by atoms with Crippen LogP contribution >= 0.6 is 11.6 Å². The van der Waals surface area contributed by atoms with Gasteiger partial charge in [-0.3, -0.25) is 4.57 Å². The Balaban J connectivity index is 1.81. The number of fused-ring (bicyclic) bond motifs is 1. The van der Waals surface area contributed by atoms with Gasteiger partial charge < -0.3 is 5.32 Å². The van der Waals surface area contributed by atoms with Gasteiger partial charge in [0.1, 0.15) is 12.1 Å². The van der Waals surface area contributed by atoms with Crippen LogP contribution in [-0.2, 0) is 6.54 Å². The molecule has 0 fully saturated rings. The van der Waals surface area contributed by atoms with Gasteiger partial charge in [-0.15, -0.1) is 0 Å². The Hall–Kier alpha value is -2.85. The minimum atomic E-state index is 0.706. The Morgan fingerprint density at radius 2 is 1.81 bits per heavy atom. The smallest absolute Gasteiger partial charge is 0.150 e. The first-order chi connectivity index (χ1) is 12.6. The molecular formula is C21H19ClN4. The van der Waals surface area contributed by atoms with E-state index in [4.69, 9.17) is 11.6 Å². The molecule has 0 amide bonds.